The Labute approximate surface area is 145 Å². The van der Waals surface area contributed by atoms with Crippen LogP contribution in [0.2, 0.25) is 5.02 Å². The molecule has 0 saturated heterocycles. The molecule has 0 radical (unpaired) electrons. The molecular weight excluding hydrogens is 324 g/mol. The molecule has 122 valence electrons. The zero-order chi connectivity index (χ0) is 17.1. The summed E-state index contributed by atoms with van der Waals surface area (Å²) in [7, 11) is 0. The van der Waals surface area contributed by atoms with Gasteiger partial charge in [-0.3, -0.25) is 0 Å². The van der Waals surface area contributed by atoms with E-state index in [2.05, 4.69) is 5.10 Å². The van der Waals surface area contributed by atoms with Gasteiger partial charge in [0, 0.05) is 11.1 Å². The topological polar surface area (TPSA) is 44.1 Å². The highest BCUT2D eigenvalue weighted by molar-refractivity contribution is 6.30. The molecule has 3 aromatic rings. The van der Waals surface area contributed by atoms with Crippen LogP contribution in [0.25, 0.3) is 0 Å². The van der Waals surface area contributed by atoms with Gasteiger partial charge in [0.15, 0.2) is 0 Å². The van der Waals surface area contributed by atoms with E-state index in [0.29, 0.717) is 23.0 Å². The van der Waals surface area contributed by atoms with E-state index in [1.54, 1.807) is 22.9 Å². The Hall–Kier alpha value is -2.59. The number of nitrogens with zero attached hydrogens (tertiary/aromatic N) is 2. The number of carbonyl (C=O) groups excluding carboxylic acids is 1. The van der Waals surface area contributed by atoms with E-state index in [1.165, 1.54) is 0 Å². The highest BCUT2D eigenvalue weighted by Crippen LogP contribution is 2.19. The smallest absolute Gasteiger partial charge is 0.344 e. The molecule has 0 fully saturated rings. The normalized spacial score (nSPS) is 10.6. The monoisotopic (exact) mass is 340 g/mol. The number of esters is 1. The molecule has 5 heteroatoms. The van der Waals surface area contributed by atoms with Crippen molar-refractivity contribution < 1.29 is 9.53 Å². The molecule has 3 rings (SSSR count). The second-order valence-electron chi connectivity index (χ2n) is 5.67. The minimum atomic E-state index is -0.397. The highest BCUT2D eigenvalue weighted by atomic mass is 35.5. The Morgan fingerprint density at radius 1 is 1.12 bits per heavy atom. The van der Waals surface area contributed by atoms with Gasteiger partial charge in [0.1, 0.15) is 0 Å². The molecule has 24 heavy (non-hydrogen) atoms. The molecular formula is C19H17ClN2O2. The first-order valence-corrected chi connectivity index (χ1v) is 7.97. The van der Waals surface area contributed by atoms with Crippen molar-refractivity contribution in [2.45, 2.75) is 20.4 Å². The van der Waals surface area contributed by atoms with Crippen LogP contribution in [0, 0.1) is 13.8 Å². The van der Waals surface area contributed by atoms with Crippen LogP contribution in [-0.2, 0) is 6.54 Å². The molecule has 0 unspecified atom stereocenters. The Morgan fingerprint density at radius 3 is 2.67 bits per heavy atom. The molecule has 2 aromatic carbocycles. The summed E-state index contributed by atoms with van der Waals surface area (Å²) in [4.78, 5) is 12.3. The van der Waals surface area contributed by atoms with E-state index >= 15 is 0 Å². The molecule has 0 atom stereocenters. The van der Waals surface area contributed by atoms with E-state index in [-0.39, 0.29) is 0 Å². The zero-order valence-corrected chi connectivity index (χ0v) is 14.2. The van der Waals surface area contributed by atoms with Crippen molar-refractivity contribution >= 4 is 17.6 Å². The average molecular weight is 341 g/mol. The molecule has 0 saturated carbocycles. The van der Waals surface area contributed by atoms with E-state index in [0.717, 1.165) is 16.8 Å². The van der Waals surface area contributed by atoms with Gasteiger partial charge in [0.2, 0.25) is 5.88 Å². The number of ether oxygens (including phenoxy) is 1. The van der Waals surface area contributed by atoms with Crippen LogP contribution in [0.5, 0.6) is 5.88 Å². The van der Waals surface area contributed by atoms with Crippen LogP contribution < -0.4 is 4.74 Å². The molecule has 4 nitrogen and oxygen atoms in total. The summed E-state index contributed by atoms with van der Waals surface area (Å²) in [6, 6.07) is 16.6. The maximum Gasteiger partial charge on any atom is 0.344 e. The van der Waals surface area contributed by atoms with E-state index in [4.69, 9.17) is 16.3 Å². The summed E-state index contributed by atoms with van der Waals surface area (Å²) in [5.74, 6) is 0.0184. The van der Waals surface area contributed by atoms with Crippen LogP contribution in [0.1, 0.15) is 27.2 Å². The second-order valence-corrected chi connectivity index (χ2v) is 6.11. The summed E-state index contributed by atoms with van der Waals surface area (Å²) < 4.78 is 7.20. The predicted molar refractivity (Wildman–Crippen MR) is 93.7 cm³/mol. The molecule has 0 aliphatic rings. The minimum absolute atomic E-state index is 0.397. The first-order chi connectivity index (χ1) is 11.5. The quantitative estimate of drug-likeness (QED) is 0.660. The van der Waals surface area contributed by atoms with Crippen molar-refractivity contribution in [1.29, 1.82) is 0 Å². The first-order valence-electron chi connectivity index (χ1n) is 7.59. The number of hydrogen-bond acceptors (Lipinski definition) is 3. The summed E-state index contributed by atoms with van der Waals surface area (Å²) in [5.41, 5.74) is 3.29. The zero-order valence-electron chi connectivity index (χ0n) is 13.5. The van der Waals surface area contributed by atoms with Crippen molar-refractivity contribution in [3.8, 4) is 5.88 Å². The standard InChI is InChI=1S/C19H17ClN2O2/c1-13-5-3-7-16(9-13)19(23)24-18-10-14(2)21-22(18)12-15-6-4-8-17(20)11-15/h3-11H,12H2,1-2H3. The molecule has 0 aliphatic heterocycles. The number of aromatic nitrogens is 2. The molecule has 1 aromatic heterocycles. The number of rotatable bonds is 4. The lowest BCUT2D eigenvalue weighted by molar-refractivity contribution is 0.0719. The molecule has 0 aliphatic carbocycles. The van der Waals surface area contributed by atoms with Crippen LogP contribution in [0.15, 0.2) is 54.6 Å². The fourth-order valence-electron chi connectivity index (χ4n) is 2.45. The summed E-state index contributed by atoms with van der Waals surface area (Å²) in [6.07, 6.45) is 0. The van der Waals surface area contributed by atoms with Crippen LogP contribution in [-0.4, -0.2) is 15.7 Å². The SMILES string of the molecule is Cc1cccc(C(=O)Oc2cc(C)nn2Cc2cccc(Cl)c2)c1. The molecule has 0 spiro atoms. The average Bonchev–Trinajstić information content (AvgIpc) is 2.86. The van der Waals surface area contributed by atoms with Gasteiger partial charge in [0.25, 0.3) is 0 Å². The highest BCUT2D eigenvalue weighted by Gasteiger charge is 2.14. The third-order valence-corrected chi connectivity index (χ3v) is 3.77. The van der Waals surface area contributed by atoms with Crippen molar-refractivity contribution in [1.82, 2.24) is 9.78 Å². The van der Waals surface area contributed by atoms with Gasteiger partial charge in [-0.05, 0) is 43.7 Å². The number of hydrogen-bond donors (Lipinski definition) is 0. The van der Waals surface area contributed by atoms with Gasteiger partial charge in [0.05, 0.1) is 17.8 Å². The van der Waals surface area contributed by atoms with Gasteiger partial charge < -0.3 is 4.74 Å². The largest absolute Gasteiger partial charge is 0.404 e. The van der Waals surface area contributed by atoms with E-state index < -0.39 is 5.97 Å². The summed E-state index contributed by atoms with van der Waals surface area (Å²) in [6.45, 7) is 4.27. The Balaban J connectivity index is 1.82. The maximum atomic E-state index is 12.3. The lowest BCUT2D eigenvalue weighted by atomic mass is 10.1. The Morgan fingerprint density at radius 2 is 1.92 bits per heavy atom. The Kier molecular flexibility index (Phi) is 4.67. The van der Waals surface area contributed by atoms with E-state index in [1.807, 2.05) is 50.2 Å². The predicted octanol–water partition coefficient (Wildman–Crippen LogP) is 4.42. The molecule has 0 N–H and O–H groups in total. The summed E-state index contributed by atoms with van der Waals surface area (Å²) >= 11 is 6.02. The van der Waals surface area contributed by atoms with Gasteiger partial charge in [-0.25, -0.2) is 9.48 Å². The second kappa shape index (κ2) is 6.89. The third-order valence-electron chi connectivity index (χ3n) is 3.54. The van der Waals surface area contributed by atoms with Gasteiger partial charge >= 0.3 is 5.97 Å². The van der Waals surface area contributed by atoms with Crippen molar-refractivity contribution in [2.24, 2.45) is 0 Å². The molecule has 0 bridgehead atoms. The van der Waals surface area contributed by atoms with Crippen molar-refractivity contribution in [3.05, 3.63) is 82.0 Å². The fourth-order valence-corrected chi connectivity index (χ4v) is 2.66. The fraction of sp³-hybridized carbons (Fsp3) is 0.158. The number of aryl methyl sites for hydroxylation is 2. The first kappa shape index (κ1) is 16.3. The minimum Gasteiger partial charge on any atom is -0.404 e. The summed E-state index contributed by atoms with van der Waals surface area (Å²) in [5, 5.41) is 5.06. The van der Waals surface area contributed by atoms with Gasteiger partial charge in [-0.1, -0.05) is 41.4 Å². The van der Waals surface area contributed by atoms with Crippen molar-refractivity contribution in [2.75, 3.05) is 0 Å². The Bertz CT molecular complexity index is 887. The van der Waals surface area contributed by atoms with Crippen LogP contribution in [0.4, 0.5) is 0 Å². The number of benzene rings is 2. The molecule has 0 amide bonds. The van der Waals surface area contributed by atoms with E-state index in [9.17, 15) is 4.79 Å². The van der Waals surface area contributed by atoms with Crippen LogP contribution >= 0.6 is 11.6 Å². The number of halogens is 1. The van der Waals surface area contributed by atoms with Gasteiger partial charge in [-0.15, -0.1) is 0 Å². The van der Waals surface area contributed by atoms with Crippen molar-refractivity contribution in [3.63, 3.8) is 0 Å². The third kappa shape index (κ3) is 3.84. The lowest BCUT2D eigenvalue weighted by Crippen LogP contribution is -2.13. The van der Waals surface area contributed by atoms with Crippen LogP contribution in [0.3, 0.4) is 0 Å². The van der Waals surface area contributed by atoms with Gasteiger partial charge in [-0.2, -0.15) is 5.10 Å². The molecule has 1 heterocycles. The lowest BCUT2D eigenvalue weighted by Gasteiger charge is -2.08. The maximum absolute atomic E-state index is 12.3. The number of carbonyl (C=O) groups is 1.